The zero-order valence-corrected chi connectivity index (χ0v) is 16.6. The van der Waals surface area contributed by atoms with Gasteiger partial charge in [0.15, 0.2) is 0 Å². The number of nitrogens with one attached hydrogen (secondary N) is 1. The second-order valence-corrected chi connectivity index (χ2v) is 7.09. The Bertz CT molecular complexity index is 1130. The molecule has 0 unspecified atom stereocenters. The van der Waals surface area contributed by atoms with Gasteiger partial charge in [-0.25, -0.2) is 4.79 Å². The van der Waals surface area contributed by atoms with Crippen LogP contribution in [0, 0.1) is 0 Å². The Balaban J connectivity index is 1.96. The fourth-order valence-corrected chi connectivity index (χ4v) is 3.30. The number of benzene rings is 2. The molecule has 1 amide bonds. The molecule has 6 nitrogen and oxygen atoms in total. The van der Waals surface area contributed by atoms with Crippen molar-refractivity contribution in [3.63, 3.8) is 0 Å². The lowest BCUT2D eigenvalue weighted by molar-refractivity contribution is -0.121. The van der Waals surface area contributed by atoms with E-state index >= 15 is 0 Å². The molecule has 3 aromatic rings. The molecule has 1 heterocycles. The van der Waals surface area contributed by atoms with Crippen LogP contribution >= 0.6 is 11.6 Å². The lowest BCUT2D eigenvalue weighted by Gasteiger charge is -2.17. The summed E-state index contributed by atoms with van der Waals surface area (Å²) in [5, 5.41) is 3.77. The molecule has 0 aliphatic rings. The predicted octanol–water partition coefficient (Wildman–Crippen LogP) is 3.10. The Hall–Kier alpha value is -2.86. The third-order valence-corrected chi connectivity index (χ3v) is 5.22. The second-order valence-electron chi connectivity index (χ2n) is 6.69. The highest BCUT2D eigenvalue weighted by Crippen LogP contribution is 2.14. The van der Waals surface area contributed by atoms with Gasteiger partial charge in [-0.1, -0.05) is 48.9 Å². The van der Waals surface area contributed by atoms with Crippen molar-refractivity contribution in [3.8, 4) is 0 Å². The summed E-state index contributed by atoms with van der Waals surface area (Å²) < 4.78 is 2.58. The molecule has 7 heteroatoms. The SMILES string of the molecule is CC[C@H](C)n1c(=O)c2ccccc2n(CC(=O)NCc2ccccc2Cl)c1=O. The minimum atomic E-state index is -0.481. The van der Waals surface area contributed by atoms with Crippen LogP contribution in [0.3, 0.4) is 0 Å². The Labute approximate surface area is 167 Å². The summed E-state index contributed by atoms with van der Waals surface area (Å²) >= 11 is 6.12. The third-order valence-electron chi connectivity index (χ3n) is 4.85. The minimum absolute atomic E-state index is 0.180. The molecule has 1 N–H and O–H groups in total. The summed E-state index contributed by atoms with van der Waals surface area (Å²) in [4.78, 5) is 38.3. The van der Waals surface area contributed by atoms with E-state index in [1.54, 1.807) is 30.3 Å². The van der Waals surface area contributed by atoms with Gasteiger partial charge in [-0.15, -0.1) is 0 Å². The Morgan fingerprint density at radius 3 is 2.50 bits per heavy atom. The maximum Gasteiger partial charge on any atom is 0.332 e. The van der Waals surface area contributed by atoms with Crippen LogP contribution in [-0.2, 0) is 17.9 Å². The van der Waals surface area contributed by atoms with Crippen molar-refractivity contribution in [2.75, 3.05) is 0 Å². The average molecular weight is 400 g/mol. The first kappa shape index (κ1) is 19.9. The summed E-state index contributed by atoms with van der Waals surface area (Å²) in [5.74, 6) is -0.332. The number of hydrogen-bond donors (Lipinski definition) is 1. The highest BCUT2D eigenvalue weighted by atomic mass is 35.5. The Morgan fingerprint density at radius 1 is 1.11 bits per heavy atom. The van der Waals surface area contributed by atoms with Crippen molar-refractivity contribution in [2.24, 2.45) is 0 Å². The second kappa shape index (κ2) is 8.44. The molecule has 0 radical (unpaired) electrons. The van der Waals surface area contributed by atoms with Crippen LogP contribution in [0.4, 0.5) is 0 Å². The topological polar surface area (TPSA) is 73.1 Å². The summed E-state index contributed by atoms with van der Waals surface area (Å²) in [5.41, 5.74) is 0.429. The van der Waals surface area contributed by atoms with Crippen LogP contribution in [0.15, 0.2) is 58.1 Å². The maximum absolute atomic E-state index is 13.0. The molecule has 146 valence electrons. The van der Waals surface area contributed by atoms with Gasteiger partial charge >= 0.3 is 5.69 Å². The van der Waals surface area contributed by atoms with Crippen LogP contribution < -0.4 is 16.6 Å². The number of aromatic nitrogens is 2. The van der Waals surface area contributed by atoms with Gasteiger partial charge in [0.2, 0.25) is 5.91 Å². The molecule has 0 spiro atoms. The zero-order valence-electron chi connectivity index (χ0n) is 15.8. The van der Waals surface area contributed by atoms with Crippen molar-refractivity contribution >= 4 is 28.4 Å². The lowest BCUT2D eigenvalue weighted by atomic mass is 10.2. The molecule has 0 fully saturated rings. The number of para-hydroxylation sites is 1. The Kier molecular flexibility index (Phi) is 5.99. The van der Waals surface area contributed by atoms with Crippen LogP contribution in [0.1, 0.15) is 31.9 Å². The first-order chi connectivity index (χ1) is 13.4. The van der Waals surface area contributed by atoms with E-state index in [1.165, 1.54) is 9.13 Å². The van der Waals surface area contributed by atoms with Crippen LogP contribution in [-0.4, -0.2) is 15.0 Å². The molecule has 28 heavy (non-hydrogen) atoms. The fourth-order valence-electron chi connectivity index (χ4n) is 3.10. The quantitative estimate of drug-likeness (QED) is 0.692. The van der Waals surface area contributed by atoms with Crippen LogP contribution in [0.2, 0.25) is 5.02 Å². The number of nitrogens with zero attached hydrogens (tertiary/aromatic N) is 2. The monoisotopic (exact) mass is 399 g/mol. The lowest BCUT2D eigenvalue weighted by Crippen LogP contribution is -2.43. The molecule has 0 aliphatic carbocycles. The highest BCUT2D eigenvalue weighted by Gasteiger charge is 2.17. The number of hydrogen-bond acceptors (Lipinski definition) is 3. The van der Waals surface area contributed by atoms with E-state index in [0.29, 0.717) is 22.3 Å². The van der Waals surface area contributed by atoms with E-state index in [9.17, 15) is 14.4 Å². The molecule has 0 aliphatic heterocycles. The van der Waals surface area contributed by atoms with E-state index in [1.807, 2.05) is 32.0 Å². The number of carbonyl (C=O) groups is 1. The summed E-state index contributed by atoms with van der Waals surface area (Å²) in [6, 6.07) is 13.8. The number of amides is 1. The first-order valence-electron chi connectivity index (χ1n) is 9.18. The molecule has 2 aromatic carbocycles. The predicted molar refractivity (Wildman–Crippen MR) is 111 cm³/mol. The number of carbonyl (C=O) groups excluding carboxylic acids is 1. The van der Waals surface area contributed by atoms with E-state index in [2.05, 4.69) is 5.32 Å². The zero-order chi connectivity index (χ0) is 20.3. The van der Waals surface area contributed by atoms with Crippen molar-refractivity contribution in [3.05, 3.63) is 80.0 Å². The van der Waals surface area contributed by atoms with Crippen LogP contribution in [0.5, 0.6) is 0 Å². The number of halogens is 1. The summed E-state index contributed by atoms with van der Waals surface area (Å²) in [7, 11) is 0. The standard InChI is InChI=1S/C21H22ClN3O3/c1-3-14(2)25-20(27)16-9-5-7-11-18(16)24(21(25)28)13-19(26)23-12-15-8-4-6-10-17(15)22/h4-11,14H,3,12-13H2,1-2H3,(H,23,26)/t14-/m0/s1. The summed E-state index contributed by atoms with van der Waals surface area (Å²) in [6.45, 7) is 3.81. The van der Waals surface area contributed by atoms with Crippen molar-refractivity contribution < 1.29 is 4.79 Å². The molecular formula is C21H22ClN3O3. The third kappa shape index (κ3) is 3.87. The van der Waals surface area contributed by atoms with Crippen molar-refractivity contribution in [2.45, 2.75) is 39.4 Å². The fraction of sp³-hybridized carbons (Fsp3) is 0.286. The van der Waals surface area contributed by atoms with E-state index in [0.717, 1.165) is 5.56 Å². The molecule has 1 atom stereocenters. The summed E-state index contributed by atoms with van der Waals surface area (Å²) in [6.07, 6.45) is 0.631. The molecule has 3 rings (SSSR count). The molecule has 0 saturated heterocycles. The number of fused-ring (bicyclic) bond motifs is 1. The molecule has 1 aromatic heterocycles. The van der Waals surface area contributed by atoms with Gasteiger partial charge in [0.05, 0.1) is 10.9 Å². The smallest absolute Gasteiger partial charge is 0.332 e. The van der Waals surface area contributed by atoms with Crippen molar-refractivity contribution in [1.29, 1.82) is 0 Å². The van der Waals surface area contributed by atoms with E-state index < -0.39 is 5.69 Å². The van der Waals surface area contributed by atoms with Gasteiger partial charge in [-0.2, -0.15) is 0 Å². The molecule has 0 bridgehead atoms. The molecular weight excluding hydrogens is 378 g/mol. The van der Waals surface area contributed by atoms with Gasteiger partial charge < -0.3 is 5.32 Å². The minimum Gasteiger partial charge on any atom is -0.350 e. The first-order valence-corrected chi connectivity index (χ1v) is 9.56. The van der Waals surface area contributed by atoms with Gasteiger partial charge in [0.25, 0.3) is 5.56 Å². The number of rotatable bonds is 6. The van der Waals surface area contributed by atoms with Gasteiger partial charge in [0, 0.05) is 17.6 Å². The van der Waals surface area contributed by atoms with Gasteiger partial charge in [-0.05, 0) is 37.1 Å². The largest absolute Gasteiger partial charge is 0.350 e. The van der Waals surface area contributed by atoms with Crippen LogP contribution in [0.25, 0.3) is 10.9 Å². The van der Waals surface area contributed by atoms with Gasteiger partial charge in [0.1, 0.15) is 6.54 Å². The van der Waals surface area contributed by atoms with Gasteiger partial charge in [-0.3, -0.25) is 18.7 Å². The Morgan fingerprint density at radius 2 is 1.79 bits per heavy atom. The van der Waals surface area contributed by atoms with Crippen molar-refractivity contribution in [1.82, 2.24) is 14.5 Å². The normalized spacial score (nSPS) is 12.1. The highest BCUT2D eigenvalue weighted by molar-refractivity contribution is 6.31. The average Bonchev–Trinajstić information content (AvgIpc) is 2.70. The van der Waals surface area contributed by atoms with E-state index in [-0.39, 0.29) is 30.6 Å². The van der Waals surface area contributed by atoms with E-state index in [4.69, 9.17) is 11.6 Å². The molecule has 0 saturated carbocycles. The maximum atomic E-state index is 13.0.